The quantitative estimate of drug-likeness (QED) is 0.806. The summed E-state index contributed by atoms with van der Waals surface area (Å²) in [5, 5.41) is 7.73. The first-order chi connectivity index (χ1) is 9.94. The minimum atomic E-state index is -0.160. The number of benzene rings is 1. The number of carbonyl (C=O) groups is 2. The molecule has 0 radical (unpaired) electrons. The first-order valence-electron chi connectivity index (χ1n) is 6.32. The molecule has 110 valence electrons. The van der Waals surface area contributed by atoms with E-state index in [1.807, 2.05) is 6.92 Å². The van der Waals surface area contributed by atoms with Gasteiger partial charge in [0.25, 0.3) is 0 Å². The van der Waals surface area contributed by atoms with Crippen LogP contribution < -0.4 is 16.4 Å². The summed E-state index contributed by atoms with van der Waals surface area (Å²) < 4.78 is 0. The van der Waals surface area contributed by atoms with Gasteiger partial charge in [0.1, 0.15) is 0 Å². The second kappa shape index (κ2) is 6.36. The average molecular weight is 304 g/mol. The molecule has 0 aliphatic heterocycles. The smallest absolute Gasteiger partial charge is 0.230 e. The van der Waals surface area contributed by atoms with Crippen LogP contribution in [-0.2, 0) is 16.0 Å². The Balaban J connectivity index is 2.01. The number of hydrogen-bond donors (Lipinski definition) is 3. The number of amides is 2. The number of carbonyl (C=O) groups excluding carboxylic acids is 2. The van der Waals surface area contributed by atoms with Crippen molar-refractivity contribution in [1.29, 1.82) is 0 Å². The second-order valence-electron chi connectivity index (χ2n) is 4.61. The SMILES string of the molecule is CC(=O)Nc1ccc(NC(=O)Cc2csc(N)n2)cc1C. The van der Waals surface area contributed by atoms with Crippen molar-refractivity contribution in [3.8, 4) is 0 Å². The van der Waals surface area contributed by atoms with Gasteiger partial charge in [-0.3, -0.25) is 9.59 Å². The van der Waals surface area contributed by atoms with E-state index in [1.165, 1.54) is 18.3 Å². The van der Waals surface area contributed by atoms with Gasteiger partial charge >= 0.3 is 0 Å². The minimum absolute atomic E-state index is 0.129. The molecule has 0 unspecified atom stereocenters. The van der Waals surface area contributed by atoms with E-state index < -0.39 is 0 Å². The summed E-state index contributed by atoms with van der Waals surface area (Å²) in [6.45, 7) is 3.32. The Morgan fingerprint density at radius 2 is 2.10 bits per heavy atom. The number of nitrogens with zero attached hydrogens (tertiary/aromatic N) is 1. The standard InChI is InChI=1S/C14H16N4O2S/c1-8-5-10(3-4-12(8)16-9(2)19)17-13(20)6-11-7-21-14(15)18-11/h3-5,7H,6H2,1-2H3,(H2,15,18)(H,16,19)(H,17,20). The molecule has 0 aliphatic carbocycles. The number of hydrogen-bond acceptors (Lipinski definition) is 5. The number of anilines is 3. The Labute approximate surface area is 126 Å². The molecule has 2 aromatic rings. The molecule has 0 bridgehead atoms. The molecule has 7 heteroatoms. The Morgan fingerprint density at radius 3 is 2.67 bits per heavy atom. The molecule has 0 saturated carbocycles. The second-order valence-corrected chi connectivity index (χ2v) is 5.50. The minimum Gasteiger partial charge on any atom is -0.375 e. The molecule has 0 atom stereocenters. The maximum atomic E-state index is 11.9. The third-order valence-electron chi connectivity index (χ3n) is 2.73. The first kappa shape index (κ1) is 15.0. The monoisotopic (exact) mass is 304 g/mol. The topological polar surface area (TPSA) is 97.1 Å². The van der Waals surface area contributed by atoms with E-state index in [0.29, 0.717) is 16.5 Å². The summed E-state index contributed by atoms with van der Waals surface area (Å²) in [6, 6.07) is 5.30. The molecular formula is C14H16N4O2S. The first-order valence-corrected chi connectivity index (χ1v) is 7.20. The fourth-order valence-corrected chi connectivity index (χ4v) is 2.41. The van der Waals surface area contributed by atoms with Crippen molar-refractivity contribution in [2.75, 3.05) is 16.4 Å². The summed E-state index contributed by atoms with van der Waals surface area (Å²) in [5.41, 5.74) is 8.46. The van der Waals surface area contributed by atoms with Crippen LogP contribution in [0.15, 0.2) is 23.6 Å². The largest absolute Gasteiger partial charge is 0.375 e. The van der Waals surface area contributed by atoms with Gasteiger partial charge in [0.15, 0.2) is 5.13 Å². The van der Waals surface area contributed by atoms with Crippen LogP contribution in [0.25, 0.3) is 0 Å². The van der Waals surface area contributed by atoms with Gasteiger partial charge in [-0.25, -0.2) is 4.98 Å². The van der Waals surface area contributed by atoms with Crippen molar-refractivity contribution < 1.29 is 9.59 Å². The number of nitrogen functional groups attached to an aromatic ring is 1. The lowest BCUT2D eigenvalue weighted by Gasteiger charge is -2.09. The molecule has 1 aromatic heterocycles. The van der Waals surface area contributed by atoms with Crippen molar-refractivity contribution in [2.24, 2.45) is 0 Å². The van der Waals surface area contributed by atoms with Crippen LogP contribution >= 0.6 is 11.3 Å². The summed E-state index contributed by atoms with van der Waals surface area (Å²) in [7, 11) is 0. The lowest BCUT2D eigenvalue weighted by Crippen LogP contribution is -2.15. The van der Waals surface area contributed by atoms with Gasteiger partial charge in [-0.05, 0) is 30.7 Å². The van der Waals surface area contributed by atoms with Crippen molar-refractivity contribution in [1.82, 2.24) is 4.98 Å². The van der Waals surface area contributed by atoms with Gasteiger partial charge in [-0.2, -0.15) is 0 Å². The summed E-state index contributed by atoms with van der Waals surface area (Å²) in [4.78, 5) is 27.0. The van der Waals surface area contributed by atoms with Crippen molar-refractivity contribution in [2.45, 2.75) is 20.3 Å². The van der Waals surface area contributed by atoms with E-state index in [0.717, 1.165) is 11.3 Å². The number of aryl methyl sites for hydroxylation is 1. The fraction of sp³-hybridized carbons (Fsp3) is 0.214. The number of nitrogens with two attached hydrogens (primary N) is 1. The molecule has 1 aromatic carbocycles. The predicted octanol–water partition coefficient (Wildman–Crippen LogP) is 2.17. The Kier molecular flexibility index (Phi) is 4.54. The number of thiazole rings is 1. The number of nitrogens with one attached hydrogen (secondary N) is 2. The van der Waals surface area contributed by atoms with Crippen LogP contribution in [-0.4, -0.2) is 16.8 Å². The highest BCUT2D eigenvalue weighted by Crippen LogP contribution is 2.20. The third kappa shape index (κ3) is 4.28. The molecule has 2 amide bonds. The van der Waals surface area contributed by atoms with E-state index >= 15 is 0 Å². The van der Waals surface area contributed by atoms with E-state index in [-0.39, 0.29) is 18.2 Å². The van der Waals surface area contributed by atoms with E-state index in [2.05, 4.69) is 15.6 Å². The molecule has 21 heavy (non-hydrogen) atoms. The third-order valence-corrected chi connectivity index (χ3v) is 3.45. The van der Waals surface area contributed by atoms with Crippen molar-refractivity contribution >= 4 is 39.7 Å². The molecule has 0 saturated heterocycles. The van der Waals surface area contributed by atoms with Crippen LogP contribution in [0, 0.1) is 6.92 Å². The molecule has 1 heterocycles. The lowest BCUT2D eigenvalue weighted by molar-refractivity contribution is -0.116. The zero-order valence-electron chi connectivity index (χ0n) is 11.8. The van der Waals surface area contributed by atoms with Crippen molar-refractivity contribution in [3.05, 3.63) is 34.8 Å². The Morgan fingerprint density at radius 1 is 1.33 bits per heavy atom. The number of rotatable bonds is 4. The van der Waals surface area contributed by atoms with Gasteiger partial charge in [0, 0.05) is 23.7 Å². The normalized spacial score (nSPS) is 10.2. The van der Waals surface area contributed by atoms with Crippen LogP contribution in [0.2, 0.25) is 0 Å². The Hall–Kier alpha value is -2.41. The lowest BCUT2D eigenvalue weighted by atomic mass is 10.1. The zero-order valence-corrected chi connectivity index (χ0v) is 12.6. The molecular weight excluding hydrogens is 288 g/mol. The molecule has 0 aliphatic rings. The average Bonchev–Trinajstić information content (AvgIpc) is 2.77. The fourth-order valence-electron chi connectivity index (χ4n) is 1.84. The van der Waals surface area contributed by atoms with Crippen LogP contribution in [0.1, 0.15) is 18.2 Å². The summed E-state index contributed by atoms with van der Waals surface area (Å²) in [5.74, 6) is -0.289. The maximum Gasteiger partial charge on any atom is 0.230 e. The van der Waals surface area contributed by atoms with Gasteiger partial charge in [-0.15, -0.1) is 11.3 Å². The summed E-state index contributed by atoms with van der Waals surface area (Å²) in [6.07, 6.45) is 0.181. The van der Waals surface area contributed by atoms with Gasteiger partial charge < -0.3 is 16.4 Å². The number of aromatic nitrogens is 1. The van der Waals surface area contributed by atoms with Crippen molar-refractivity contribution in [3.63, 3.8) is 0 Å². The highest BCUT2D eigenvalue weighted by molar-refractivity contribution is 7.13. The summed E-state index contributed by atoms with van der Waals surface area (Å²) >= 11 is 1.31. The highest BCUT2D eigenvalue weighted by atomic mass is 32.1. The van der Waals surface area contributed by atoms with Crippen LogP contribution in [0.5, 0.6) is 0 Å². The van der Waals surface area contributed by atoms with Gasteiger partial charge in [0.05, 0.1) is 12.1 Å². The van der Waals surface area contributed by atoms with Gasteiger partial charge in [0.2, 0.25) is 11.8 Å². The molecule has 2 rings (SSSR count). The zero-order chi connectivity index (χ0) is 15.4. The van der Waals surface area contributed by atoms with E-state index in [4.69, 9.17) is 5.73 Å². The highest BCUT2D eigenvalue weighted by Gasteiger charge is 2.08. The van der Waals surface area contributed by atoms with E-state index in [1.54, 1.807) is 23.6 Å². The van der Waals surface area contributed by atoms with Crippen LogP contribution in [0.3, 0.4) is 0 Å². The Bertz CT molecular complexity index is 681. The predicted molar refractivity (Wildman–Crippen MR) is 84.3 cm³/mol. The van der Waals surface area contributed by atoms with Gasteiger partial charge in [-0.1, -0.05) is 0 Å². The molecule has 0 fully saturated rings. The molecule has 6 nitrogen and oxygen atoms in total. The molecule has 4 N–H and O–H groups in total. The maximum absolute atomic E-state index is 11.9. The van der Waals surface area contributed by atoms with Crippen LogP contribution in [0.4, 0.5) is 16.5 Å². The molecule has 0 spiro atoms. The van der Waals surface area contributed by atoms with E-state index in [9.17, 15) is 9.59 Å².